The summed E-state index contributed by atoms with van der Waals surface area (Å²) in [4.78, 5) is 2.42. The van der Waals surface area contributed by atoms with E-state index in [0.717, 1.165) is 17.0 Å². The molecule has 55 heavy (non-hydrogen) atoms. The van der Waals surface area contributed by atoms with Gasteiger partial charge in [-0.1, -0.05) is 199 Å². The molecule has 0 aliphatic carbocycles. The second-order valence-electron chi connectivity index (χ2n) is 16.3. The van der Waals surface area contributed by atoms with Gasteiger partial charge in [0.25, 0.3) is 16.6 Å². The second-order valence-corrected chi connectivity index (χ2v) is 24.9. The molecule has 6 rings (SSSR count). The SMILES string of the molecule is CC(C)(C)[Si](OCCN(CCO[Si](c1ccccc1)(c1ccccc1)C(C)(C)C)c1cccc(OCc2ccccc2)c1)(c1ccccc1)c1ccccc1. The molecule has 0 atom stereocenters. The van der Waals surface area contributed by atoms with Crippen LogP contribution in [0.1, 0.15) is 47.1 Å². The van der Waals surface area contributed by atoms with Crippen LogP contribution in [0.5, 0.6) is 5.75 Å². The summed E-state index contributed by atoms with van der Waals surface area (Å²) in [5.74, 6) is 0.840. The van der Waals surface area contributed by atoms with Crippen molar-refractivity contribution in [3.8, 4) is 5.75 Å². The summed E-state index contributed by atoms with van der Waals surface area (Å²) >= 11 is 0. The highest BCUT2D eigenvalue weighted by molar-refractivity contribution is 7.00. The normalized spacial score (nSPS) is 12.3. The van der Waals surface area contributed by atoms with Gasteiger partial charge < -0.3 is 18.5 Å². The molecule has 0 N–H and O–H groups in total. The predicted molar refractivity (Wildman–Crippen MR) is 237 cm³/mol. The van der Waals surface area contributed by atoms with Crippen LogP contribution in [0.15, 0.2) is 176 Å². The van der Waals surface area contributed by atoms with E-state index in [1.807, 2.05) is 12.1 Å². The molecule has 6 aromatic rings. The van der Waals surface area contributed by atoms with Gasteiger partial charge in [-0.25, -0.2) is 0 Å². The number of rotatable bonds is 16. The Morgan fingerprint density at radius 2 is 0.800 bits per heavy atom. The molecule has 0 saturated carbocycles. The average Bonchev–Trinajstić information content (AvgIpc) is 3.20. The molecule has 6 aromatic carbocycles. The summed E-state index contributed by atoms with van der Waals surface area (Å²) in [5, 5.41) is 4.91. The van der Waals surface area contributed by atoms with E-state index in [4.69, 9.17) is 13.6 Å². The summed E-state index contributed by atoms with van der Waals surface area (Å²) in [6.07, 6.45) is 0. The molecule has 0 spiro atoms. The average molecular weight is 764 g/mol. The molecule has 0 amide bonds. The van der Waals surface area contributed by atoms with Crippen molar-refractivity contribution in [2.75, 3.05) is 31.2 Å². The number of hydrogen-bond donors (Lipinski definition) is 0. The molecule has 6 heteroatoms. The maximum atomic E-state index is 7.43. The van der Waals surface area contributed by atoms with Crippen LogP contribution in [0.3, 0.4) is 0 Å². The predicted octanol–water partition coefficient (Wildman–Crippen LogP) is 9.23. The molecule has 284 valence electrons. The Kier molecular flexibility index (Phi) is 12.9. The summed E-state index contributed by atoms with van der Waals surface area (Å²) in [6, 6.07) is 62.4. The standard InChI is InChI=1S/C49H57NO3Si2/c1-48(2,3)54(44-27-14-8-15-28-44,45-29-16-9-17-30-45)52-37-35-50(42-25-22-26-43(39-42)51-40-41-23-12-7-13-24-41)36-38-53-55(49(4,5)6,46-31-18-10-19-32-46)47-33-20-11-21-34-47/h7-34,39H,35-38,40H2,1-6H3. The van der Waals surface area contributed by atoms with Crippen LogP contribution in [0.2, 0.25) is 10.1 Å². The van der Waals surface area contributed by atoms with E-state index in [1.54, 1.807) is 0 Å². The smallest absolute Gasteiger partial charge is 0.261 e. The number of hydrogen-bond acceptors (Lipinski definition) is 4. The fourth-order valence-corrected chi connectivity index (χ4v) is 17.1. The lowest BCUT2D eigenvalue weighted by Crippen LogP contribution is -2.67. The van der Waals surface area contributed by atoms with Crippen LogP contribution in [0, 0.1) is 0 Å². The van der Waals surface area contributed by atoms with Crippen molar-refractivity contribution in [1.29, 1.82) is 0 Å². The Bertz CT molecular complexity index is 1850. The first kappa shape index (κ1) is 40.0. The van der Waals surface area contributed by atoms with Crippen LogP contribution in [-0.2, 0) is 15.5 Å². The third-order valence-electron chi connectivity index (χ3n) is 10.6. The third-order valence-corrected chi connectivity index (χ3v) is 20.7. The fraction of sp³-hybridized carbons (Fsp3) is 0.265. The fourth-order valence-electron chi connectivity index (χ4n) is 8.02. The van der Waals surface area contributed by atoms with Crippen LogP contribution in [0.25, 0.3) is 0 Å². The third kappa shape index (κ3) is 9.06. The van der Waals surface area contributed by atoms with Crippen molar-refractivity contribution in [1.82, 2.24) is 0 Å². The lowest BCUT2D eigenvalue weighted by molar-refractivity contribution is 0.284. The second kappa shape index (κ2) is 17.8. The van der Waals surface area contributed by atoms with Crippen LogP contribution in [0.4, 0.5) is 5.69 Å². The first-order valence-corrected chi connectivity index (χ1v) is 23.4. The van der Waals surface area contributed by atoms with E-state index in [-0.39, 0.29) is 10.1 Å². The molecule has 4 nitrogen and oxygen atoms in total. The Morgan fingerprint density at radius 1 is 0.436 bits per heavy atom. The Hall–Kier alpha value is -4.73. The molecule has 0 radical (unpaired) electrons. The number of nitrogens with zero attached hydrogens (tertiary/aromatic N) is 1. The molecule has 0 aliphatic heterocycles. The summed E-state index contributed by atoms with van der Waals surface area (Å²) in [6.45, 7) is 17.0. The quantitative estimate of drug-likeness (QED) is 0.0921. The molecular weight excluding hydrogens is 707 g/mol. The molecule has 0 unspecified atom stereocenters. The van der Waals surface area contributed by atoms with Crippen LogP contribution < -0.4 is 30.4 Å². The molecular formula is C49H57NO3Si2. The molecule has 0 saturated heterocycles. The number of anilines is 1. The maximum absolute atomic E-state index is 7.43. The van der Waals surface area contributed by atoms with Gasteiger partial charge in [-0.2, -0.15) is 0 Å². The van der Waals surface area contributed by atoms with Gasteiger partial charge in [-0.3, -0.25) is 0 Å². The zero-order valence-electron chi connectivity index (χ0n) is 33.5. The van der Waals surface area contributed by atoms with Gasteiger partial charge in [0.1, 0.15) is 12.4 Å². The summed E-state index contributed by atoms with van der Waals surface area (Å²) in [7, 11) is -5.46. The van der Waals surface area contributed by atoms with E-state index in [9.17, 15) is 0 Å². The lowest BCUT2D eigenvalue weighted by Gasteiger charge is -2.44. The maximum Gasteiger partial charge on any atom is 0.261 e. The van der Waals surface area contributed by atoms with Crippen molar-refractivity contribution in [2.24, 2.45) is 0 Å². The first-order chi connectivity index (χ1) is 26.5. The molecule has 0 aromatic heterocycles. The lowest BCUT2D eigenvalue weighted by atomic mass is 10.2. The van der Waals surface area contributed by atoms with Gasteiger partial charge in [0.2, 0.25) is 0 Å². The highest BCUT2D eigenvalue weighted by Gasteiger charge is 2.51. The van der Waals surface area contributed by atoms with Crippen LogP contribution in [-0.4, -0.2) is 42.9 Å². The minimum Gasteiger partial charge on any atom is -0.489 e. The Balaban J connectivity index is 1.33. The van der Waals surface area contributed by atoms with E-state index < -0.39 is 16.6 Å². The Labute approximate surface area is 332 Å². The summed E-state index contributed by atoms with van der Waals surface area (Å²) < 4.78 is 21.2. The van der Waals surface area contributed by atoms with Gasteiger partial charge in [0.05, 0.1) is 13.2 Å². The van der Waals surface area contributed by atoms with Crippen molar-refractivity contribution in [2.45, 2.75) is 58.2 Å². The van der Waals surface area contributed by atoms with Gasteiger partial charge in [-0.15, -0.1) is 0 Å². The summed E-state index contributed by atoms with van der Waals surface area (Å²) in [5.41, 5.74) is 2.23. The van der Waals surface area contributed by atoms with E-state index >= 15 is 0 Å². The van der Waals surface area contributed by atoms with Crippen molar-refractivity contribution in [3.05, 3.63) is 181 Å². The highest BCUT2D eigenvalue weighted by Crippen LogP contribution is 2.38. The van der Waals surface area contributed by atoms with Gasteiger partial charge >= 0.3 is 0 Å². The minimum atomic E-state index is -2.73. The Morgan fingerprint density at radius 3 is 1.16 bits per heavy atom. The van der Waals surface area contributed by atoms with Crippen LogP contribution >= 0.6 is 0 Å². The van der Waals surface area contributed by atoms with E-state index in [0.29, 0.717) is 32.9 Å². The van der Waals surface area contributed by atoms with Gasteiger partial charge in [0, 0.05) is 24.8 Å². The first-order valence-electron chi connectivity index (χ1n) is 19.6. The van der Waals surface area contributed by atoms with Gasteiger partial charge in [-0.05, 0) is 48.5 Å². The highest BCUT2D eigenvalue weighted by atomic mass is 28.4. The zero-order valence-corrected chi connectivity index (χ0v) is 35.5. The molecule has 0 bridgehead atoms. The van der Waals surface area contributed by atoms with Crippen molar-refractivity contribution >= 4 is 43.1 Å². The van der Waals surface area contributed by atoms with Crippen molar-refractivity contribution < 1.29 is 13.6 Å². The largest absolute Gasteiger partial charge is 0.489 e. The van der Waals surface area contributed by atoms with Crippen molar-refractivity contribution in [3.63, 3.8) is 0 Å². The van der Waals surface area contributed by atoms with E-state index in [2.05, 4.69) is 210 Å². The molecule has 0 fully saturated rings. The topological polar surface area (TPSA) is 30.9 Å². The molecule has 0 heterocycles. The number of ether oxygens (including phenoxy) is 1. The minimum absolute atomic E-state index is 0.113. The molecule has 0 aliphatic rings. The zero-order chi connectivity index (χ0) is 38.8. The monoisotopic (exact) mass is 763 g/mol. The number of benzene rings is 6. The van der Waals surface area contributed by atoms with Gasteiger partial charge in [0.15, 0.2) is 0 Å². The van der Waals surface area contributed by atoms with E-state index in [1.165, 1.54) is 20.7 Å².